The fourth-order valence-corrected chi connectivity index (χ4v) is 3.00. The van der Waals surface area contributed by atoms with Crippen LogP contribution in [0.25, 0.3) is 0 Å². The molecule has 2 fully saturated rings. The second kappa shape index (κ2) is 7.27. The van der Waals surface area contributed by atoms with Crippen LogP contribution < -0.4 is 5.32 Å². The van der Waals surface area contributed by atoms with Gasteiger partial charge in [-0.25, -0.2) is 4.79 Å². The van der Waals surface area contributed by atoms with Crippen LogP contribution in [0.3, 0.4) is 0 Å². The molecule has 0 bridgehead atoms. The van der Waals surface area contributed by atoms with Gasteiger partial charge in [0.15, 0.2) is 0 Å². The van der Waals surface area contributed by atoms with Crippen molar-refractivity contribution in [3.05, 3.63) is 24.0 Å². The van der Waals surface area contributed by atoms with Crippen LogP contribution in [-0.4, -0.2) is 66.8 Å². The number of aryl methyl sites for hydroxylation is 1. The molecule has 126 valence electrons. The summed E-state index contributed by atoms with van der Waals surface area (Å²) in [6.07, 6.45) is 4.52. The number of likely N-dealkylation sites (N-methyl/N-ethyl adjacent to an activating group) is 1. The Balaban J connectivity index is 1.49. The summed E-state index contributed by atoms with van der Waals surface area (Å²) in [5.41, 5.74) is 1.68. The minimum absolute atomic E-state index is 0.0613. The molecule has 23 heavy (non-hydrogen) atoms. The predicted molar refractivity (Wildman–Crippen MR) is 89.5 cm³/mol. The predicted octanol–water partition coefficient (Wildman–Crippen LogP) is 1.96. The number of carbonyl (C=O) groups is 1. The number of amides is 2. The first-order valence-electron chi connectivity index (χ1n) is 8.39. The Kier molecular flexibility index (Phi) is 5.13. The van der Waals surface area contributed by atoms with Crippen molar-refractivity contribution in [3.63, 3.8) is 0 Å². The lowest BCUT2D eigenvalue weighted by molar-refractivity contribution is -0.0261. The average molecular weight is 318 g/mol. The molecule has 6 heteroatoms. The number of aromatic nitrogens is 1. The van der Waals surface area contributed by atoms with E-state index in [9.17, 15) is 4.79 Å². The van der Waals surface area contributed by atoms with Gasteiger partial charge in [0.05, 0.1) is 12.7 Å². The number of hydrogen-bond acceptors (Lipinski definition) is 4. The summed E-state index contributed by atoms with van der Waals surface area (Å²) in [4.78, 5) is 20.7. The number of nitrogens with zero attached hydrogens (tertiary/aromatic N) is 3. The van der Waals surface area contributed by atoms with E-state index >= 15 is 0 Å². The van der Waals surface area contributed by atoms with Crippen molar-refractivity contribution in [2.45, 2.75) is 25.9 Å². The molecular weight excluding hydrogens is 292 g/mol. The summed E-state index contributed by atoms with van der Waals surface area (Å²) in [6.45, 7) is 5.82. The Morgan fingerprint density at radius 2 is 2.30 bits per heavy atom. The smallest absolute Gasteiger partial charge is 0.322 e. The monoisotopic (exact) mass is 318 g/mol. The molecule has 2 amide bonds. The van der Waals surface area contributed by atoms with Crippen LogP contribution in [0.1, 0.15) is 18.5 Å². The molecule has 0 aromatic carbocycles. The Hall–Kier alpha value is -1.66. The van der Waals surface area contributed by atoms with E-state index in [1.54, 1.807) is 6.20 Å². The molecule has 2 heterocycles. The largest absolute Gasteiger partial charge is 0.373 e. The van der Waals surface area contributed by atoms with Crippen molar-refractivity contribution in [1.29, 1.82) is 0 Å². The van der Waals surface area contributed by atoms with Gasteiger partial charge in [0, 0.05) is 43.8 Å². The molecule has 1 aromatic rings. The molecule has 1 atom stereocenters. The molecule has 1 aliphatic heterocycles. The van der Waals surface area contributed by atoms with Gasteiger partial charge >= 0.3 is 6.03 Å². The van der Waals surface area contributed by atoms with E-state index < -0.39 is 0 Å². The fraction of sp³-hybridized carbons (Fsp3) is 0.647. The molecule has 6 nitrogen and oxygen atoms in total. The maximum atomic E-state index is 12.4. The summed E-state index contributed by atoms with van der Waals surface area (Å²) in [5.74, 6) is 0.873. The van der Waals surface area contributed by atoms with Crippen molar-refractivity contribution >= 4 is 11.7 Å². The molecule has 0 unspecified atom stereocenters. The van der Waals surface area contributed by atoms with Gasteiger partial charge in [-0.15, -0.1) is 0 Å². The van der Waals surface area contributed by atoms with Crippen molar-refractivity contribution in [1.82, 2.24) is 14.8 Å². The lowest BCUT2D eigenvalue weighted by atomic mass is 10.2. The topological polar surface area (TPSA) is 57.7 Å². The number of anilines is 1. The Bertz CT molecular complexity index is 547. The van der Waals surface area contributed by atoms with Crippen molar-refractivity contribution in [2.75, 3.05) is 45.2 Å². The quantitative estimate of drug-likeness (QED) is 0.902. The highest BCUT2D eigenvalue weighted by Crippen LogP contribution is 2.29. The van der Waals surface area contributed by atoms with Gasteiger partial charge in [0.2, 0.25) is 0 Å². The van der Waals surface area contributed by atoms with Gasteiger partial charge in [0.25, 0.3) is 0 Å². The van der Waals surface area contributed by atoms with Gasteiger partial charge in [-0.3, -0.25) is 4.98 Å². The normalized spacial score (nSPS) is 21.5. The highest BCUT2D eigenvalue weighted by atomic mass is 16.5. The summed E-state index contributed by atoms with van der Waals surface area (Å²) in [7, 11) is 2.14. The third kappa shape index (κ3) is 4.91. The molecule has 0 radical (unpaired) electrons. The molecule has 1 aliphatic carbocycles. The standard InChI is InChI=1S/C17H26N4O2/c1-13-9-15(5-6-18-13)19-17(22)21-7-8-23-16(12-21)11-20(2)10-14-3-4-14/h5-6,9,14,16H,3-4,7-8,10-12H2,1-2H3,(H,18,19,22)/t16-/m0/s1. The van der Waals surface area contributed by atoms with Crippen LogP contribution >= 0.6 is 0 Å². The first-order valence-corrected chi connectivity index (χ1v) is 8.39. The Morgan fingerprint density at radius 1 is 1.48 bits per heavy atom. The van der Waals surface area contributed by atoms with Gasteiger partial charge < -0.3 is 19.9 Å². The highest BCUT2D eigenvalue weighted by molar-refractivity contribution is 5.89. The van der Waals surface area contributed by atoms with E-state index in [0.29, 0.717) is 19.7 Å². The highest BCUT2D eigenvalue weighted by Gasteiger charge is 2.27. The summed E-state index contributed by atoms with van der Waals surface area (Å²) in [6, 6.07) is 3.62. The summed E-state index contributed by atoms with van der Waals surface area (Å²) >= 11 is 0. The zero-order valence-corrected chi connectivity index (χ0v) is 14.0. The van der Waals surface area contributed by atoms with E-state index in [4.69, 9.17) is 4.74 Å². The number of hydrogen-bond donors (Lipinski definition) is 1. The second-order valence-corrected chi connectivity index (χ2v) is 6.72. The maximum Gasteiger partial charge on any atom is 0.322 e. The number of morpholine rings is 1. The molecule has 3 rings (SSSR count). The SMILES string of the molecule is Cc1cc(NC(=O)N2CCO[C@@H](CN(C)CC3CC3)C2)ccn1. The number of rotatable bonds is 5. The molecule has 1 N–H and O–H groups in total. The van der Waals surface area contributed by atoms with Crippen LogP contribution in [0.2, 0.25) is 0 Å². The maximum absolute atomic E-state index is 12.4. The molecule has 1 aromatic heterocycles. The first-order chi connectivity index (χ1) is 11.1. The zero-order chi connectivity index (χ0) is 16.2. The van der Waals surface area contributed by atoms with E-state index in [-0.39, 0.29) is 12.1 Å². The van der Waals surface area contributed by atoms with E-state index in [2.05, 4.69) is 22.2 Å². The van der Waals surface area contributed by atoms with Crippen molar-refractivity contribution in [2.24, 2.45) is 5.92 Å². The zero-order valence-electron chi connectivity index (χ0n) is 14.0. The summed E-state index contributed by atoms with van der Waals surface area (Å²) < 4.78 is 5.83. The lowest BCUT2D eigenvalue weighted by Crippen LogP contribution is -2.50. The average Bonchev–Trinajstić information content (AvgIpc) is 3.31. The molecular formula is C17H26N4O2. The lowest BCUT2D eigenvalue weighted by Gasteiger charge is -2.34. The molecule has 1 saturated carbocycles. The Labute approximate surface area is 137 Å². The third-order valence-electron chi connectivity index (χ3n) is 4.36. The first kappa shape index (κ1) is 16.2. The van der Waals surface area contributed by atoms with Gasteiger partial charge in [-0.05, 0) is 44.9 Å². The number of ether oxygens (including phenoxy) is 1. The number of pyridine rings is 1. The van der Waals surface area contributed by atoms with Crippen LogP contribution in [0.15, 0.2) is 18.3 Å². The minimum Gasteiger partial charge on any atom is -0.373 e. The van der Waals surface area contributed by atoms with Gasteiger partial charge in [-0.2, -0.15) is 0 Å². The van der Waals surface area contributed by atoms with Crippen LogP contribution in [0.4, 0.5) is 10.5 Å². The van der Waals surface area contributed by atoms with Crippen LogP contribution in [0.5, 0.6) is 0 Å². The fourth-order valence-electron chi connectivity index (χ4n) is 3.00. The molecule has 1 saturated heterocycles. The van der Waals surface area contributed by atoms with Gasteiger partial charge in [0.1, 0.15) is 0 Å². The number of nitrogens with one attached hydrogen (secondary N) is 1. The number of carbonyl (C=O) groups excluding carboxylic acids is 1. The number of urea groups is 1. The third-order valence-corrected chi connectivity index (χ3v) is 4.36. The van der Waals surface area contributed by atoms with Gasteiger partial charge in [-0.1, -0.05) is 0 Å². The summed E-state index contributed by atoms with van der Waals surface area (Å²) in [5, 5.41) is 2.95. The molecule has 2 aliphatic rings. The van der Waals surface area contributed by atoms with Crippen LogP contribution in [-0.2, 0) is 4.74 Å². The van der Waals surface area contributed by atoms with Crippen molar-refractivity contribution < 1.29 is 9.53 Å². The van der Waals surface area contributed by atoms with E-state index in [0.717, 1.165) is 30.4 Å². The van der Waals surface area contributed by atoms with Crippen LogP contribution in [0, 0.1) is 12.8 Å². The second-order valence-electron chi connectivity index (χ2n) is 6.72. The van der Waals surface area contributed by atoms with Crippen molar-refractivity contribution in [3.8, 4) is 0 Å². The van der Waals surface area contributed by atoms with E-state index in [1.807, 2.05) is 24.0 Å². The minimum atomic E-state index is -0.0613. The Morgan fingerprint density at radius 3 is 3.04 bits per heavy atom. The molecule has 0 spiro atoms. The van der Waals surface area contributed by atoms with E-state index in [1.165, 1.54) is 12.8 Å².